The third-order valence-corrected chi connectivity index (χ3v) is 6.98. The van der Waals surface area contributed by atoms with Crippen LogP contribution in [0, 0.1) is 0 Å². The first-order valence-corrected chi connectivity index (χ1v) is 11.5. The Morgan fingerprint density at radius 3 is 2.64 bits per heavy atom. The summed E-state index contributed by atoms with van der Waals surface area (Å²) >= 11 is 1.75. The highest BCUT2D eigenvalue weighted by Gasteiger charge is 2.34. The van der Waals surface area contributed by atoms with Crippen LogP contribution in [0.1, 0.15) is 49.8 Å². The number of thiophene rings is 1. The van der Waals surface area contributed by atoms with Crippen LogP contribution in [0.15, 0.2) is 47.2 Å². The van der Waals surface area contributed by atoms with Crippen molar-refractivity contribution in [1.29, 1.82) is 0 Å². The number of likely N-dealkylation sites (tertiary alicyclic amines) is 2. The predicted octanol–water partition coefficient (Wildman–Crippen LogP) is 4.05. The van der Waals surface area contributed by atoms with E-state index in [2.05, 4.69) is 69.2 Å². The fourth-order valence-electron chi connectivity index (χ4n) is 4.62. The average Bonchev–Trinajstić information content (AvgIpc) is 3.41. The Kier molecular flexibility index (Phi) is 6.45. The number of amides is 1. The number of nitrogens with zero attached hydrogens (tertiary/aromatic N) is 2. The highest BCUT2D eigenvalue weighted by Crippen LogP contribution is 2.34. The molecule has 0 radical (unpaired) electrons. The summed E-state index contributed by atoms with van der Waals surface area (Å²) in [5.41, 5.74) is 2.74. The number of nitrogens with one attached hydrogen (secondary N) is 1. The molecule has 4 nitrogen and oxygen atoms in total. The monoisotopic (exact) mass is 397 g/mol. The van der Waals surface area contributed by atoms with Gasteiger partial charge in [-0.25, -0.2) is 0 Å². The van der Waals surface area contributed by atoms with Crippen LogP contribution in [0.25, 0.3) is 0 Å². The van der Waals surface area contributed by atoms with E-state index in [1.807, 2.05) is 0 Å². The lowest BCUT2D eigenvalue weighted by Gasteiger charge is -2.35. The van der Waals surface area contributed by atoms with Gasteiger partial charge in [0.15, 0.2) is 0 Å². The van der Waals surface area contributed by atoms with Gasteiger partial charge in [0, 0.05) is 31.7 Å². The highest BCUT2D eigenvalue weighted by molar-refractivity contribution is 7.07. The number of piperidine rings is 1. The number of hydrogen-bond acceptors (Lipinski definition) is 4. The van der Waals surface area contributed by atoms with Gasteiger partial charge in [-0.15, -0.1) is 0 Å². The topological polar surface area (TPSA) is 35.6 Å². The van der Waals surface area contributed by atoms with Crippen molar-refractivity contribution in [3.05, 3.63) is 58.3 Å². The molecule has 0 spiro atoms. The van der Waals surface area contributed by atoms with E-state index >= 15 is 0 Å². The van der Waals surface area contributed by atoms with Gasteiger partial charge in [-0.1, -0.05) is 30.3 Å². The molecule has 0 unspecified atom stereocenters. The molecule has 1 amide bonds. The lowest BCUT2D eigenvalue weighted by atomic mass is 10.0. The minimum atomic E-state index is -0.0604. The summed E-state index contributed by atoms with van der Waals surface area (Å²) in [5, 5.41) is 7.71. The molecular formula is C23H31N3OS. The first kappa shape index (κ1) is 19.6. The van der Waals surface area contributed by atoms with Crippen LogP contribution in [0.2, 0.25) is 0 Å². The van der Waals surface area contributed by atoms with Crippen LogP contribution in [0.5, 0.6) is 0 Å². The van der Waals surface area contributed by atoms with E-state index in [1.165, 1.54) is 17.5 Å². The molecule has 3 heterocycles. The Morgan fingerprint density at radius 1 is 1.14 bits per heavy atom. The van der Waals surface area contributed by atoms with E-state index in [-0.39, 0.29) is 11.9 Å². The van der Waals surface area contributed by atoms with E-state index in [9.17, 15) is 4.79 Å². The molecule has 5 heteroatoms. The molecule has 1 N–H and O–H groups in total. The lowest BCUT2D eigenvalue weighted by Crippen LogP contribution is -2.50. The molecule has 0 aliphatic carbocycles. The average molecular weight is 398 g/mol. The number of rotatable bonds is 6. The van der Waals surface area contributed by atoms with Gasteiger partial charge in [0.25, 0.3) is 0 Å². The number of carbonyl (C=O) groups is 1. The van der Waals surface area contributed by atoms with Gasteiger partial charge in [-0.05, 0) is 67.1 Å². The SMILES string of the molecule is C[C@@H](C(=O)NC1CCN(Cc2ccccc2)CC1)N1CCC[C@@H]1c1ccsc1. The van der Waals surface area contributed by atoms with Crippen LogP contribution in [-0.2, 0) is 11.3 Å². The Bertz CT molecular complexity index is 740. The van der Waals surface area contributed by atoms with Gasteiger partial charge in [0.2, 0.25) is 5.91 Å². The molecule has 2 aromatic rings. The maximum Gasteiger partial charge on any atom is 0.237 e. The predicted molar refractivity (Wildman–Crippen MR) is 115 cm³/mol. The molecule has 2 fully saturated rings. The van der Waals surface area contributed by atoms with Crippen LogP contribution >= 0.6 is 11.3 Å². The number of benzene rings is 1. The van der Waals surface area contributed by atoms with Crippen LogP contribution < -0.4 is 5.32 Å². The van der Waals surface area contributed by atoms with Gasteiger partial charge in [-0.3, -0.25) is 14.6 Å². The maximum atomic E-state index is 12.9. The number of carbonyl (C=O) groups excluding carboxylic acids is 1. The molecular weight excluding hydrogens is 366 g/mol. The normalized spacial score (nSPS) is 23.0. The zero-order valence-corrected chi connectivity index (χ0v) is 17.5. The van der Waals surface area contributed by atoms with Crippen molar-refractivity contribution < 1.29 is 4.79 Å². The summed E-state index contributed by atoms with van der Waals surface area (Å²) in [6.45, 7) is 6.20. The van der Waals surface area contributed by atoms with Crippen molar-refractivity contribution in [3.8, 4) is 0 Å². The molecule has 2 saturated heterocycles. The molecule has 2 atom stereocenters. The summed E-state index contributed by atoms with van der Waals surface area (Å²) in [6.07, 6.45) is 4.42. The quantitative estimate of drug-likeness (QED) is 0.799. The third-order valence-electron chi connectivity index (χ3n) is 6.28. The summed E-state index contributed by atoms with van der Waals surface area (Å²) in [4.78, 5) is 17.8. The van der Waals surface area contributed by atoms with Gasteiger partial charge < -0.3 is 5.32 Å². The zero-order valence-electron chi connectivity index (χ0n) is 16.7. The van der Waals surface area contributed by atoms with Crippen molar-refractivity contribution in [2.24, 2.45) is 0 Å². The Hall–Kier alpha value is -1.69. The first-order chi connectivity index (χ1) is 13.7. The van der Waals surface area contributed by atoms with E-state index in [1.54, 1.807) is 11.3 Å². The van der Waals surface area contributed by atoms with Crippen molar-refractivity contribution in [2.75, 3.05) is 19.6 Å². The van der Waals surface area contributed by atoms with Crippen molar-refractivity contribution in [1.82, 2.24) is 15.1 Å². The minimum absolute atomic E-state index is 0.0604. The van der Waals surface area contributed by atoms with Gasteiger partial charge in [0.1, 0.15) is 0 Å². The molecule has 2 aliphatic heterocycles. The number of hydrogen-bond donors (Lipinski definition) is 1. The second-order valence-corrected chi connectivity index (χ2v) is 8.95. The van der Waals surface area contributed by atoms with E-state index in [4.69, 9.17) is 0 Å². The van der Waals surface area contributed by atoms with Crippen molar-refractivity contribution in [2.45, 2.75) is 57.3 Å². The summed E-state index contributed by atoms with van der Waals surface area (Å²) in [5.74, 6) is 0.198. The van der Waals surface area contributed by atoms with E-state index in [0.29, 0.717) is 12.1 Å². The fourth-order valence-corrected chi connectivity index (χ4v) is 5.33. The molecule has 1 aromatic carbocycles. The molecule has 2 aliphatic rings. The Morgan fingerprint density at radius 2 is 1.93 bits per heavy atom. The first-order valence-electron chi connectivity index (χ1n) is 10.5. The van der Waals surface area contributed by atoms with Gasteiger partial charge in [0.05, 0.1) is 6.04 Å². The largest absolute Gasteiger partial charge is 0.352 e. The van der Waals surface area contributed by atoms with Crippen molar-refractivity contribution >= 4 is 17.2 Å². The molecule has 0 bridgehead atoms. The minimum Gasteiger partial charge on any atom is -0.352 e. The second-order valence-electron chi connectivity index (χ2n) is 8.17. The summed E-state index contributed by atoms with van der Waals surface area (Å²) in [6, 6.07) is 13.5. The van der Waals surface area contributed by atoms with Gasteiger partial charge >= 0.3 is 0 Å². The van der Waals surface area contributed by atoms with E-state index in [0.717, 1.165) is 45.4 Å². The fraction of sp³-hybridized carbons (Fsp3) is 0.522. The standard InChI is InChI=1S/C23H31N3OS/c1-18(26-12-5-8-22(26)20-11-15-28-17-20)23(27)24-21-9-13-25(14-10-21)16-19-6-3-2-4-7-19/h2-4,6-7,11,15,17-18,21-22H,5,8-10,12-14,16H2,1H3,(H,24,27)/t18-,22+/m0/s1. The Balaban J connectivity index is 1.26. The zero-order chi connectivity index (χ0) is 19.3. The maximum absolute atomic E-state index is 12.9. The van der Waals surface area contributed by atoms with Crippen LogP contribution in [-0.4, -0.2) is 47.4 Å². The summed E-state index contributed by atoms with van der Waals surface area (Å²) in [7, 11) is 0. The van der Waals surface area contributed by atoms with Crippen LogP contribution in [0.3, 0.4) is 0 Å². The Labute approximate surface area is 172 Å². The van der Waals surface area contributed by atoms with Gasteiger partial charge in [-0.2, -0.15) is 11.3 Å². The van der Waals surface area contributed by atoms with Crippen LogP contribution in [0.4, 0.5) is 0 Å². The summed E-state index contributed by atoms with van der Waals surface area (Å²) < 4.78 is 0. The molecule has 4 rings (SSSR count). The molecule has 28 heavy (non-hydrogen) atoms. The molecule has 0 saturated carbocycles. The van der Waals surface area contributed by atoms with E-state index < -0.39 is 0 Å². The third kappa shape index (κ3) is 4.65. The second kappa shape index (κ2) is 9.21. The van der Waals surface area contributed by atoms with Crippen molar-refractivity contribution in [3.63, 3.8) is 0 Å². The smallest absolute Gasteiger partial charge is 0.237 e. The molecule has 150 valence electrons. The highest BCUT2D eigenvalue weighted by atomic mass is 32.1. The molecule has 1 aromatic heterocycles. The lowest BCUT2D eigenvalue weighted by molar-refractivity contribution is -0.127.